The molecule has 1 N–H and O–H groups in total. The molecule has 0 aliphatic carbocycles. The van der Waals surface area contributed by atoms with E-state index in [0.717, 1.165) is 5.56 Å². The fourth-order valence-corrected chi connectivity index (χ4v) is 2.51. The molecule has 0 saturated heterocycles. The van der Waals surface area contributed by atoms with Gasteiger partial charge in [0.15, 0.2) is 3.92 Å². The Labute approximate surface area is 115 Å². The van der Waals surface area contributed by atoms with E-state index in [2.05, 4.69) is 31.4 Å². The molecule has 0 bridgehead atoms. The summed E-state index contributed by atoms with van der Waals surface area (Å²) in [4.78, 5) is 10.4. The molecule has 0 fully saturated rings. The molecule has 0 saturated carbocycles. The van der Waals surface area contributed by atoms with Gasteiger partial charge in [-0.1, -0.05) is 23.5 Å². The van der Waals surface area contributed by atoms with Crippen LogP contribution in [0.4, 0.5) is 10.8 Å². The van der Waals surface area contributed by atoms with Gasteiger partial charge in [-0.15, -0.1) is 10.2 Å². The van der Waals surface area contributed by atoms with E-state index < -0.39 is 0 Å². The summed E-state index contributed by atoms with van der Waals surface area (Å²) in [6, 6.07) is 5.03. The minimum absolute atomic E-state index is 0.132. The number of anilines is 1. The van der Waals surface area contributed by atoms with Gasteiger partial charge in [-0.3, -0.25) is 10.1 Å². The van der Waals surface area contributed by atoms with Crippen LogP contribution in [0.5, 0.6) is 0 Å². The van der Waals surface area contributed by atoms with Crippen LogP contribution < -0.4 is 5.32 Å². The first-order valence-corrected chi connectivity index (χ1v) is 6.64. The summed E-state index contributed by atoms with van der Waals surface area (Å²) in [5, 5.41) is 22.3. The maximum atomic E-state index is 10.8. The molecular weight excluding hydrogens is 320 g/mol. The molecule has 0 radical (unpaired) electrons. The normalized spacial score (nSPS) is 10.3. The smallest absolute Gasteiger partial charge is 0.272 e. The van der Waals surface area contributed by atoms with Gasteiger partial charge in [0.25, 0.3) is 5.69 Å². The van der Waals surface area contributed by atoms with Crippen LogP contribution in [0.2, 0.25) is 0 Å². The fraction of sp³-hybridized carbons (Fsp3) is 0.200. The molecular formula is C10H9BrN4O2S. The van der Waals surface area contributed by atoms with Crippen LogP contribution in [0, 0.1) is 17.0 Å². The van der Waals surface area contributed by atoms with Crippen molar-refractivity contribution in [1.29, 1.82) is 0 Å². The minimum Gasteiger partial charge on any atom is -0.356 e. The van der Waals surface area contributed by atoms with E-state index in [1.165, 1.54) is 17.4 Å². The van der Waals surface area contributed by atoms with Gasteiger partial charge >= 0.3 is 0 Å². The van der Waals surface area contributed by atoms with Crippen LogP contribution in [0.1, 0.15) is 11.1 Å². The number of benzene rings is 1. The molecule has 0 atom stereocenters. The van der Waals surface area contributed by atoms with Crippen molar-refractivity contribution in [3.8, 4) is 0 Å². The van der Waals surface area contributed by atoms with Gasteiger partial charge in [0.1, 0.15) is 0 Å². The Balaban J connectivity index is 2.14. The molecule has 6 nitrogen and oxygen atoms in total. The van der Waals surface area contributed by atoms with Gasteiger partial charge < -0.3 is 5.32 Å². The predicted octanol–water partition coefficient (Wildman–Crippen LogP) is 3.13. The highest BCUT2D eigenvalue weighted by atomic mass is 79.9. The fourth-order valence-electron chi connectivity index (χ4n) is 1.51. The van der Waals surface area contributed by atoms with Gasteiger partial charge in [-0.25, -0.2) is 0 Å². The number of nitro groups is 1. The molecule has 0 amide bonds. The van der Waals surface area contributed by atoms with Gasteiger partial charge in [-0.2, -0.15) is 0 Å². The van der Waals surface area contributed by atoms with Crippen LogP contribution >= 0.6 is 27.3 Å². The Kier molecular flexibility index (Phi) is 3.87. The van der Waals surface area contributed by atoms with Crippen molar-refractivity contribution in [2.75, 3.05) is 5.32 Å². The summed E-state index contributed by atoms with van der Waals surface area (Å²) in [5.41, 5.74) is 1.67. The van der Waals surface area contributed by atoms with Gasteiger partial charge in [0.2, 0.25) is 5.13 Å². The Morgan fingerprint density at radius 2 is 2.28 bits per heavy atom. The van der Waals surface area contributed by atoms with E-state index >= 15 is 0 Å². The van der Waals surface area contributed by atoms with Crippen LogP contribution in [0.3, 0.4) is 0 Å². The van der Waals surface area contributed by atoms with E-state index in [-0.39, 0.29) is 10.6 Å². The first-order valence-electron chi connectivity index (χ1n) is 5.03. The van der Waals surface area contributed by atoms with E-state index in [1.54, 1.807) is 13.0 Å². The van der Waals surface area contributed by atoms with Crippen LogP contribution in [0.25, 0.3) is 0 Å². The maximum absolute atomic E-state index is 10.8. The zero-order chi connectivity index (χ0) is 13.1. The lowest BCUT2D eigenvalue weighted by atomic mass is 10.1. The van der Waals surface area contributed by atoms with Crippen LogP contribution in [-0.4, -0.2) is 15.1 Å². The van der Waals surface area contributed by atoms with E-state index in [4.69, 9.17) is 0 Å². The Morgan fingerprint density at radius 3 is 2.89 bits per heavy atom. The van der Waals surface area contributed by atoms with E-state index in [9.17, 15) is 10.1 Å². The molecule has 8 heteroatoms. The van der Waals surface area contributed by atoms with Gasteiger partial charge in [0, 0.05) is 18.2 Å². The monoisotopic (exact) mass is 328 g/mol. The highest BCUT2D eigenvalue weighted by molar-refractivity contribution is 9.11. The number of halogens is 1. The average molecular weight is 329 g/mol. The maximum Gasteiger partial charge on any atom is 0.272 e. The molecule has 0 spiro atoms. The van der Waals surface area contributed by atoms with Crippen molar-refractivity contribution >= 4 is 38.1 Å². The lowest BCUT2D eigenvalue weighted by Crippen LogP contribution is -2.03. The molecule has 1 aromatic heterocycles. The quantitative estimate of drug-likeness (QED) is 0.688. The molecule has 18 heavy (non-hydrogen) atoms. The number of aromatic nitrogens is 2. The Morgan fingerprint density at radius 1 is 1.50 bits per heavy atom. The first kappa shape index (κ1) is 12.9. The molecule has 2 aromatic rings. The Bertz CT molecular complexity index is 587. The number of nitrogens with zero attached hydrogens (tertiary/aromatic N) is 3. The third-order valence-electron chi connectivity index (χ3n) is 2.44. The zero-order valence-corrected chi connectivity index (χ0v) is 11.8. The van der Waals surface area contributed by atoms with Crippen LogP contribution in [0.15, 0.2) is 22.1 Å². The number of hydrogen-bond acceptors (Lipinski definition) is 6. The molecule has 0 aliphatic rings. The first-order chi connectivity index (χ1) is 8.58. The molecule has 0 unspecified atom stereocenters. The molecule has 2 rings (SSSR count). The van der Waals surface area contributed by atoms with E-state index in [1.807, 2.05) is 6.07 Å². The van der Waals surface area contributed by atoms with Crippen molar-refractivity contribution in [2.24, 2.45) is 0 Å². The van der Waals surface area contributed by atoms with Crippen molar-refractivity contribution in [3.05, 3.63) is 43.4 Å². The highest BCUT2D eigenvalue weighted by Crippen LogP contribution is 2.24. The molecule has 0 aliphatic heterocycles. The number of rotatable bonds is 4. The Hall–Kier alpha value is -1.54. The molecule has 94 valence electrons. The summed E-state index contributed by atoms with van der Waals surface area (Å²) in [6.07, 6.45) is 0. The van der Waals surface area contributed by atoms with Crippen molar-refractivity contribution < 1.29 is 4.92 Å². The van der Waals surface area contributed by atoms with Crippen LogP contribution in [-0.2, 0) is 6.54 Å². The predicted molar refractivity (Wildman–Crippen MR) is 72.8 cm³/mol. The van der Waals surface area contributed by atoms with Gasteiger partial charge in [-0.05, 0) is 28.4 Å². The second-order valence-corrected chi connectivity index (χ2v) is 5.79. The second kappa shape index (κ2) is 5.40. The lowest BCUT2D eigenvalue weighted by molar-refractivity contribution is -0.385. The largest absolute Gasteiger partial charge is 0.356 e. The van der Waals surface area contributed by atoms with Crippen molar-refractivity contribution in [3.63, 3.8) is 0 Å². The summed E-state index contributed by atoms with van der Waals surface area (Å²) < 4.78 is 0.695. The number of nitro benzene ring substituents is 1. The molecule has 1 heterocycles. The second-order valence-electron chi connectivity index (χ2n) is 3.53. The number of nitrogens with one attached hydrogen (secondary N) is 1. The lowest BCUT2D eigenvalue weighted by Gasteiger charge is -2.06. The summed E-state index contributed by atoms with van der Waals surface area (Å²) in [6.45, 7) is 2.22. The zero-order valence-electron chi connectivity index (χ0n) is 9.38. The third kappa shape index (κ3) is 2.82. The summed E-state index contributed by atoms with van der Waals surface area (Å²) in [5.74, 6) is 0. The third-order valence-corrected chi connectivity index (χ3v) is 3.76. The molecule has 1 aromatic carbocycles. The summed E-state index contributed by atoms with van der Waals surface area (Å²) in [7, 11) is 0. The topological polar surface area (TPSA) is 81.0 Å². The number of hydrogen-bond donors (Lipinski definition) is 1. The minimum atomic E-state index is -0.375. The average Bonchev–Trinajstić information content (AvgIpc) is 2.73. The SMILES string of the molecule is Cc1c(CNc2nnc(Br)s2)cccc1[N+](=O)[O-]. The van der Waals surface area contributed by atoms with Crippen molar-refractivity contribution in [1.82, 2.24) is 10.2 Å². The summed E-state index contributed by atoms with van der Waals surface area (Å²) >= 11 is 4.59. The van der Waals surface area contributed by atoms with Crippen molar-refractivity contribution in [2.45, 2.75) is 13.5 Å². The standard InChI is InChI=1S/C10H9BrN4O2S/c1-6-7(3-2-4-8(6)15(16)17)5-12-10-14-13-9(11)18-10/h2-4H,5H2,1H3,(H,12,14). The van der Waals surface area contributed by atoms with Gasteiger partial charge in [0.05, 0.1) is 4.92 Å². The van der Waals surface area contributed by atoms with E-state index in [0.29, 0.717) is 21.2 Å². The highest BCUT2D eigenvalue weighted by Gasteiger charge is 2.13.